The second-order valence-electron chi connectivity index (χ2n) is 10.9. The lowest BCUT2D eigenvalue weighted by Crippen LogP contribution is -2.53. The van der Waals surface area contributed by atoms with Gasteiger partial charge in [-0.15, -0.1) is 12.3 Å². The molecule has 140 valence electrons. The Morgan fingerprint density at radius 2 is 1.72 bits per heavy atom. The van der Waals surface area contributed by atoms with Gasteiger partial charge in [0.15, 0.2) is 0 Å². The van der Waals surface area contributed by atoms with Crippen molar-refractivity contribution in [2.45, 2.75) is 97.8 Å². The van der Waals surface area contributed by atoms with Gasteiger partial charge in [0.2, 0.25) is 0 Å². The van der Waals surface area contributed by atoms with E-state index in [0.717, 1.165) is 41.9 Å². The molecule has 8 atom stereocenters. The van der Waals surface area contributed by atoms with Gasteiger partial charge in [-0.1, -0.05) is 33.6 Å². The van der Waals surface area contributed by atoms with Crippen molar-refractivity contribution in [3.8, 4) is 12.3 Å². The number of terminal acetylenes is 1. The second-order valence-corrected chi connectivity index (χ2v) is 10.9. The summed E-state index contributed by atoms with van der Waals surface area (Å²) >= 11 is 0. The SMILES string of the molecule is C#CCC[C@@H](C)[C@H]1CC[C@H]2[C@@H]3CCC4CCCC[C@]4(C)[C@H]3CC[C@]12C. The fourth-order valence-electron chi connectivity index (χ4n) is 8.78. The minimum atomic E-state index is 0.618. The van der Waals surface area contributed by atoms with E-state index in [2.05, 4.69) is 26.7 Å². The van der Waals surface area contributed by atoms with E-state index >= 15 is 0 Å². The lowest BCUT2D eigenvalue weighted by molar-refractivity contribution is -0.114. The van der Waals surface area contributed by atoms with Crippen LogP contribution in [0.25, 0.3) is 0 Å². The third-order valence-electron chi connectivity index (χ3n) is 10.1. The Labute approximate surface area is 156 Å². The highest BCUT2D eigenvalue weighted by atomic mass is 14.6. The highest BCUT2D eigenvalue weighted by Crippen LogP contribution is 2.68. The third kappa shape index (κ3) is 2.71. The predicted octanol–water partition coefficient (Wildman–Crippen LogP) is 7.08. The Bertz CT molecular complexity index is 527. The van der Waals surface area contributed by atoms with Crippen molar-refractivity contribution in [2.75, 3.05) is 0 Å². The molecule has 0 spiro atoms. The molecule has 4 fully saturated rings. The summed E-state index contributed by atoms with van der Waals surface area (Å²) in [6.07, 6.45) is 23.0. The Kier molecular flexibility index (Phi) is 4.75. The van der Waals surface area contributed by atoms with Crippen molar-refractivity contribution in [2.24, 2.45) is 46.3 Å². The molecule has 0 aromatic rings. The van der Waals surface area contributed by atoms with Gasteiger partial charge in [-0.05, 0) is 104 Å². The van der Waals surface area contributed by atoms with Crippen molar-refractivity contribution in [1.29, 1.82) is 0 Å². The molecule has 0 heteroatoms. The zero-order valence-corrected chi connectivity index (χ0v) is 17.0. The maximum absolute atomic E-state index is 5.55. The topological polar surface area (TPSA) is 0 Å². The Balaban J connectivity index is 1.54. The molecule has 4 rings (SSSR count). The predicted molar refractivity (Wildman–Crippen MR) is 107 cm³/mol. The minimum Gasteiger partial charge on any atom is -0.120 e. The molecule has 0 aromatic carbocycles. The first-order valence-corrected chi connectivity index (χ1v) is 11.4. The van der Waals surface area contributed by atoms with Crippen LogP contribution in [-0.4, -0.2) is 0 Å². The van der Waals surface area contributed by atoms with Crippen molar-refractivity contribution in [1.82, 2.24) is 0 Å². The van der Waals surface area contributed by atoms with Crippen LogP contribution in [-0.2, 0) is 0 Å². The van der Waals surface area contributed by atoms with Gasteiger partial charge in [0.1, 0.15) is 0 Å². The highest BCUT2D eigenvalue weighted by molar-refractivity contribution is 5.09. The van der Waals surface area contributed by atoms with E-state index in [1.54, 1.807) is 12.8 Å². The van der Waals surface area contributed by atoms with Gasteiger partial charge in [0.25, 0.3) is 0 Å². The molecule has 0 amide bonds. The smallest absolute Gasteiger partial charge is 0.00887 e. The summed E-state index contributed by atoms with van der Waals surface area (Å²) in [6, 6.07) is 0. The summed E-state index contributed by atoms with van der Waals surface area (Å²) in [6.45, 7) is 7.90. The first kappa shape index (κ1) is 17.9. The molecule has 0 nitrogen and oxygen atoms in total. The number of hydrogen-bond acceptors (Lipinski definition) is 0. The lowest BCUT2D eigenvalue weighted by Gasteiger charge is -2.61. The summed E-state index contributed by atoms with van der Waals surface area (Å²) in [7, 11) is 0. The van der Waals surface area contributed by atoms with Gasteiger partial charge in [-0.25, -0.2) is 0 Å². The maximum atomic E-state index is 5.55. The van der Waals surface area contributed by atoms with Crippen molar-refractivity contribution in [3.05, 3.63) is 0 Å². The molecule has 0 aromatic heterocycles. The van der Waals surface area contributed by atoms with Gasteiger partial charge in [0.05, 0.1) is 0 Å². The number of rotatable bonds is 3. The molecule has 0 bridgehead atoms. The van der Waals surface area contributed by atoms with E-state index < -0.39 is 0 Å². The Morgan fingerprint density at radius 3 is 2.52 bits per heavy atom. The van der Waals surface area contributed by atoms with Crippen LogP contribution in [0.15, 0.2) is 0 Å². The molecule has 0 heterocycles. The summed E-state index contributed by atoms with van der Waals surface area (Å²) in [5, 5.41) is 0. The van der Waals surface area contributed by atoms with E-state index in [9.17, 15) is 0 Å². The van der Waals surface area contributed by atoms with Crippen molar-refractivity contribution in [3.63, 3.8) is 0 Å². The zero-order valence-electron chi connectivity index (χ0n) is 17.0. The molecule has 1 unspecified atom stereocenters. The van der Waals surface area contributed by atoms with Crippen LogP contribution < -0.4 is 0 Å². The second kappa shape index (κ2) is 6.62. The average Bonchev–Trinajstić information content (AvgIpc) is 2.96. The zero-order chi connectivity index (χ0) is 17.7. The average molecular weight is 341 g/mol. The molecule has 0 saturated heterocycles. The monoisotopic (exact) mass is 340 g/mol. The Morgan fingerprint density at radius 1 is 0.920 bits per heavy atom. The normalized spacial score (nSPS) is 50.2. The van der Waals surface area contributed by atoms with Crippen LogP contribution in [0.2, 0.25) is 0 Å². The largest absolute Gasteiger partial charge is 0.120 e. The third-order valence-corrected chi connectivity index (χ3v) is 10.1. The van der Waals surface area contributed by atoms with Crippen LogP contribution in [0.5, 0.6) is 0 Å². The van der Waals surface area contributed by atoms with E-state index in [0.29, 0.717) is 10.8 Å². The van der Waals surface area contributed by atoms with Gasteiger partial charge in [-0.3, -0.25) is 0 Å². The van der Waals surface area contributed by atoms with Crippen LogP contribution in [0.3, 0.4) is 0 Å². The lowest BCUT2D eigenvalue weighted by atomic mass is 9.44. The summed E-state index contributed by atoms with van der Waals surface area (Å²) in [5.74, 6) is 8.81. The van der Waals surface area contributed by atoms with Gasteiger partial charge in [0, 0.05) is 6.42 Å². The summed E-state index contributed by atoms with van der Waals surface area (Å²) in [5.41, 5.74) is 1.31. The van der Waals surface area contributed by atoms with Crippen LogP contribution in [0.4, 0.5) is 0 Å². The quantitative estimate of drug-likeness (QED) is 0.481. The highest BCUT2D eigenvalue weighted by Gasteiger charge is 2.59. The van der Waals surface area contributed by atoms with Gasteiger partial charge < -0.3 is 0 Å². The molecule has 4 aliphatic rings. The maximum Gasteiger partial charge on any atom is 0.00887 e. The molecule has 0 aliphatic heterocycles. The van der Waals surface area contributed by atoms with Crippen LogP contribution >= 0.6 is 0 Å². The van der Waals surface area contributed by atoms with E-state index in [-0.39, 0.29) is 0 Å². The van der Waals surface area contributed by atoms with Crippen molar-refractivity contribution < 1.29 is 0 Å². The fraction of sp³-hybridized carbons (Fsp3) is 0.920. The molecular formula is C25H40. The first-order chi connectivity index (χ1) is 12.0. The molecular weight excluding hydrogens is 300 g/mol. The fourth-order valence-corrected chi connectivity index (χ4v) is 8.78. The van der Waals surface area contributed by atoms with Gasteiger partial charge in [-0.2, -0.15) is 0 Å². The van der Waals surface area contributed by atoms with E-state index in [4.69, 9.17) is 6.42 Å². The molecule has 0 radical (unpaired) electrons. The number of hydrogen-bond donors (Lipinski definition) is 0. The van der Waals surface area contributed by atoms with Crippen LogP contribution in [0, 0.1) is 58.7 Å². The van der Waals surface area contributed by atoms with E-state index in [1.165, 1.54) is 57.8 Å². The molecule has 4 saturated carbocycles. The molecule has 25 heavy (non-hydrogen) atoms. The standard InChI is InChI=1S/C25H40/c1-5-6-9-18(2)21-13-14-22-20-12-11-19-10-7-8-16-24(19,3)23(20)15-17-25(21,22)4/h1,18-23H,6-17H2,2-4H3/t18-,19?,20+,21-,22+,23+,24+,25-/m1/s1. The first-order valence-electron chi connectivity index (χ1n) is 11.4. The van der Waals surface area contributed by atoms with Crippen LogP contribution in [0.1, 0.15) is 97.8 Å². The molecule has 4 aliphatic carbocycles. The summed E-state index contributed by atoms with van der Waals surface area (Å²) < 4.78 is 0. The Hall–Kier alpha value is -0.440. The molecule has 0 N–H and O–H groups in total. The van der Waals surface area contributed by atoms with E-state index in [1.807, 2.05) is 0 Å². The minimum absolute atomic E-state index is 0.618. The van der Waals surface area contributed by atoms with Gasteiger partial charge >= 0.3 is 0 Å². The van der Waals surface area contributed by atoms with Crippen molar-refractivity contribution >= 4 is 0 Å². The number of fused-ring (bicyclic) bond motifs is 5. The summed E-state index contributed by atoms with van der Waals surface area (Å²) in [4.78, 5) is 0.